The van der Waals surface area contributed by atoms with Gasteiger partial charge in [-0.3, -0.25) is 14.3 Å². The molecule has 0 radical (unpaired) electrons. The molecular formula is C22H25N7O2. The standard InChI is InChI=1S/C22H25N7O2/c1-23-22(31)19-17(13-25-29(19)2)28-21(30)18-20(24-12-16(27-18)14-10-11-14)26-15-8-6-4-3-5-7-9-15/h4,6-9,12-14H,3,5,10-11H2,1-2H3,(H,23,31)(H,24,26)(H,28,30)/b6-4-,9-7+,15-8+. The van der Waals surface area contributed by atoms with Crippen molar-refractivity contribution in [2.45, 2.75) is 31.6 Å². The van der Waals surface area contributed by atoms with Crippen LogP contribution in [0.1, 0.15) is 58.3 Å². The predicted molar refractivity (Wildman–Crippen MR) is 118 cm³/mol. The van der Waals surface area contributed by atoms with E-state index in [1.807, 2.05) is 18.2 Å². The minimum Gasteiger partial charge on any atom is -0.354 e. The SMILES string of the molecule is CNC(=O)c1c(NC(=O)c2nc(C3CC3)cnc2NC2=C/C=C\CC\C=C\2)cnn1C. The number of allylic oxidation sites excluding steroid dienone is 5. The van der Waals surface area contributed by atoms with Crippen LogP contribution in [0.3, 0.4) is 0 Å². The van der Waals surface area contributed by atoms with Crippen molar-refractivity contribution in [2.75, 3.05) is 17.7 Å². The zero-order valence-electron chi connectivity index (χ0n) is 17.6. The quantitative estimate of drug-likeness (QED) is 0.663. The van der Waals surface area contributed by atoms with E-state index in [4.69, 9.17) is 0 Å². The highest BCUT2D eigenvalue weighted by atomic mass is 16.2. The first-order valence-corrected chi connectivity index (χ1v) is 10.3. The molecule has 0 saturated heterocycles. The number of hydrogen-bond acceptors (Lipinski definition) is 6. The molecule has 2 heterocycles. The van der Waals surface area contributed by atoms with Crippen LogP contribution < -0.4 is 16.0 Å². The number of carbonyl (C=O) groups excluding carboxylic acids is 2. The van der Waals surface area contributed by atoms with Crippen LogP contribution in [0.25, 0.3) is 0 Å². The topological polar surface area (TPSA) is 114 Å². The molecular weight excluding hydrogens is 394 g/mol. The normalized spacial score (nSPS) is 19.4. The van der Waals surface area contributed by atoms with Crippen molar-refractivity contribution in [2.24, 2.45) is 7.05 Å². The van der Waals surface area contributed by atoms with E-state index in [1.54, 1.807) is 13.2 Å². The number of anilines is 2. The summed E-state index contributed by atoms with van der Waals surface area (Å²) in [5.41, 5.74) is 2.36. The molecule has 1 fully saturated rings. The minimum atomic E-state index is -0.457. The van der Waals surface area contributed by atoms with Crippen LogP contribution in [0.5, 0.6) is 0 Å². The zero-order chi connectivity index (χ0) is 21.8. The number of nitrogens with zero attached hydrogens (tertiary/aromatic N) is 4. The molecule has 9 nitrogen and oxygen atoms in total. The highest BCUT2D eigenvalue weighted by Gasteiger charge is 2.28. The molecule has 0 atom stereocenters. The third-order valence-corrected chi connectivity index (χ3v) is 5.10. The van der Waals surface area contributed by atoms with Crippen LogP contribution >= 0.6 is 0 Å². The molecule has 0 aromatic carbocycles. The summed E-state index contributed by atoms with van der Waals surface area (Å²) in [6.45, 7) is 0. The predicted octanol–water partition coefficient (Wildman–Crippen LogP) is 2.90. The number of aromatic nitrogens is 4. The first kappa shape index (κ1) is 20.5. The smallest absolute Gasteiger partial charge is 0.278 e. The fourth-order valence-corrected chi connectivity index (χ4v) is 3.27. The van der Waals surface area contributed by atoms with Crippen LogP contribution in [0.15, 0.2) is 48.5 Å². The average Bonchev–Trinajstić information content (AvgIpc) is 3.53. The molecule has 0 aliphatic heterocycles. The summed E-state index contributed by atoms with van der Waals surface area (Å²) in [7, 11) is 3.17. The third-order valence-electron chi connectivity index (χ3n) is 5.10. The lowest BCUT2D eigenvalue weighted by atomic mass is 10.2. The Balaban J connectivity index is 1.65. The highest BCUT2D eigenvalue weighted by molar-refractivity contribution is 6.09. The molecule has 3 N–H and O–H groups in total. The van der Waals surface area contributed by atoms with Gasteiger partial charge in [-0.25, -0.2) is 9.97 Å². The van der Waals surface area contributed by atoms with E-state index in [0.29, 0.717) is 17.4 Å². The maximum atomic E-state index is 13.2. The molecule has 2 aliphatic rings. The summed E-state index contributed by atoms with van der Waals surface area (Å²) in [5.74, 6) is -0.0989. The first-order valence-electron chi connectivity index (χ1n) is 10.3. The third kappa shape index (κ3) is 4.71. The number of amides is 2. The van der Waals surface area contributed by atoms with Crippen molar-refractivity contribution in [3.05, 3.63) is 65.6 Å². The van der Waals surface area contributed by atoms with Gasteiger partial charge in [0.1, 0.15) is 5.69 Å². The number of aryl methyl sites for hydroxylation is 1. The van der Waals surface area contributed by atoms with Crippen molar-refractivity contribution in [3.63, 3.8) is 0 Å². The minimum absolute atomic E-state index is 0.177. The maximum absolute atomic E-state index is 13.2. The Labute approximate surface area is 180 Å². The summed E-state index contributed by atoms with van der Waals surface area (Å²) in [6, 6.07) is 0. The van der Waals surface area contributed by atoms with Crippen LogP contribution in [0.4, 0.5) is 11.5 Å². The Morgan fingerprint density at radius 1 is 1.13 bits per heavy atom. The van der Waals surface area contributed by atoms with Gasteiger partial charge in [0.05, 0.1) is 23.8 Å². The molecule has 2 aromatic heterocycles. The second-order valence-electron chi connectivity index (χ2n) is 7.48. The maximum Gasteiger partial charge on any atom is 0.278 e. The van der Waals surface area contributed by atoms with Gasteiger partial charge in [0.15, 0.2) is 11.5 Å². The van der Waals surface area contributed by atoms with Gasteiger partial charge in [-0.15, -0.1) is 0 Å². The summed E-state index contributed by atoms with van der Waals surface area (Å²) < 4.78 is 1.41. The van der Waals surface area contributed by atoms with Crippen molar-refractivity contribution >= 4 is 23.3 Å². The fraction of sp³-hybridized carbons (Fsp3) is 0.318. The average molecular weight is 419 g/mol. The molecule has 1 saturated carbocycles. The lowest BCUT2D eigenvalue weighted by molar-refractivity contribution is 0.0954. The summed E-state index contributed by atoms with van der Waals surface area (Å²) >= 11 is 0. The Hall–Kier alpha value is -3.75. The highest BCUT2D eigenvalue weighted by Crippen LogP contribution is 2.39. The Morgan fingerprint density at radius 2 is 1.94 bits per heavy atom. The lowest BCUT2D eigenvalue weighted by Gasteiger charge is -2.13. The molecule has 31 heavy (non-hydrogen) atoms. The van der Waals surface area contributed by atoms with Gasteiger partial charge < -0.3 is 16.0 Å². The monoisotopic (exact) mass is 419 g/mol. The number of carbonyl (C=O) groups is 2. The van der Waals surface area contributed by atoms with Gasteiger partial charge >= 0.3 is 0 Å². The molecule has 4 rings (SSSR count). The Bertz CT molecular complexity index is 1090. The van der Waals surface area contributed by atoms with E-state index in [2.05, 4.69) is 43.2 Å². The van der Waals surface area contributed by atoms with Gasteiger partial charge in [-0.05, 0) is 37.8 Å². The van der Waals surface area contributed by atoms with Crippen LogP contribution in [-0.4, -0.2) is 38.6 Å². The second-order valence-corrected chi connectivity index (χ2v) is 7.48. The van der Waals surface area contributed by atoms with Crippen LogP contribution in [0, 0.1) is 0 Å². The zero-order valence-corrected chi connectivity index (χ0v) is 17.6. The van der Waals surface area contributed by atoms with Gasteiger partial charge in [0.25, 0.3) is 11.8 Å². The number of hydrogen-bond donors (Lipinski definition) is 3. The molecule has 9 heteroatoms. The van der Waals surface area contributed by atoms with Crippen molar-refractivity contribution in [1.82, 2.24) is 25.1 Å². The van der Waals surface area contributed by atoms with E-state index in [9.17, 15) is 9.59 Å². The molecule has 0 bridgehead atoms. The molecule has 2 aliphatic carbocycles. The molecule has 0 spiro atoms. The van der Waals surface area contributed by atoms with Crippen LogP contribution in [-0.2, 0) is 7.05 Å². The van der Waals surface area contributed by atoms with E-state index in [0.717, 1.165) is 37.1 Å². The van der Waals surface area contributed by atoms with Gasteiger partial charge in [0, 0.05) is 25.7 Å². The van der Waals surface area contributed by atoms with Crippen molar-refractivity contribution in [1.29, 1.82) is 0 Å². The van der Waals surface area contributed by atoms with E-state index < -0.39 is 5.91 Å². The summed E-state index contributed by atoms with van der Waals surface area (Å²) in [6.07, 6.45) is 17.2. The Morgan fingerprint density at radius 3 is 2.71 bits per heavy atom. The van der Waals surface area contributed by atoms with Gasteiger partial charge in [-0.2, -0.15) is 5.10 Å². The van der Waals surface area contributed by atoms with Gasteiger partial charge in [-0.1, -0.05) is 18.2 Å². The molecule has 2 aromatic rings. The van der Waals surface area contributed by atoms with Crippen molar-refractivity contribution < 1.29 is 9.59 Å². The number of nitrogens with one attached hydrogen (secondary N) is 3. The van der Waals surface area contributed by atoms with E-state index in [1.165, 1.54) is 17.9 Å². The van der Waals surface area contributed by atoms with Gasteiger partial charge in [0.2, 0.25) is 0 Å². The summed E-state index contributed by atoms with van der Waals surface area (Å²) in [5, 5.41) is 12.6. The largest absolute Gasteiger partial charge is 0.354 e. The lowest BCUT2D eigenvalue weighted by Crippen LogP contribution is -2.24. The Kier molecular flexibility index (Phi) is 5.92. The first-order chi connectivity index (χ1) is 15.1. The van der Waals surface area contributed by atoms with E-state index in [-0.39, 0.29) is 17.3 Å². The molecule has 0 unspecified atom stereocenters. The number of rotatable bonds is 6. The summed E-state index contributed by atoms with van der Waals surface area (Å²) in [4.78, 5) is 34.5. The second kappa shape index (κ2) is 8.95. The van der Waals surface area contributed by atoms with E-state index >= 15 is 0 Å². The molecule has 2 amide bonds. The fourth-order valence-electron chi connectivity index (χ4n) is 3.27. The molecule has 160 valence electrons. The van der Waals surface area contributed by atoms with Crippen molar-refractivity contribution in [3.8, 4) is 0 Å². The van der Waals surface area contributed by atoms with Crippen LogP contribution in [0.2, 0.25) is 0 Å².